The lowest BCUT2D eigenvalue weighted by molar-refractivity contribution is -0.101. The van der Waals surface area contributed by atoms with Crippen molar-refractivity contribution in [1.82, 2.24) is 9.78 Å². The van der Waals surface area contributed by atoms with Crippen molar-refractivity contribution in [2.45, 2.75) is 57.3 Å². The van der Waals surface area contributed by atoms with Crippen LogP contribution in [0, 0.1) is 0 Å². The number of aromatic nitrogens is 2. The first kappa shape index (κ1) is 14.0. The Hall–Kier alpha value is -0.390. The van der Waals surface area contributed by atoms with Crippen LogP contribution in [0.1, 0.15) is 57.4 Å². The van der Waals surface area contributed by atoms with Crippen LogP contribution in [0.5, 0.6) is 0 Å². The van der Waals surface area contributed by atoms with E-state index < -0.39 is 6.10 Å². The van der Waals surface area contributed by atoms with Gasteiger partial charge < -0.3 is 9.84 Å². The van der Waals surface area contributed by atoms with E-state index in [0.717, 1.165) is 23.0 Å². The normalized spacial score (nSPS) is 19.9. The van der Waals surface area contributed by atoms with Crippen LogP contribution in [-0.2, 0) is 4.74 Å². The van der Waals surface area contributed by atoms with Crippen LogP contribution in [0.4, 0.5) is 0 Å². The number of aliphatic hydroxyl groups excluding tert-OH is 1. The second kappa shape index (κ2) is 5.31. The van der Waals surface area contributed by atoms with Gasteiger partial charge in [0.1, 0.15) is 0 Å². The van der Waals surface area contributed by atoms with E-state index in [0.29, 0.717) is 6.42 Å². The SMILES string of the molecule is COC1(CC(O)c2c(Br)cnn2C(C)C)CCC1. The standard InChI is InChI=1S/C13H21BrN2O2/c1-9(2)16-12(10(14)8-15-16)11(17)7-13(18-3)5-4-6-13/h8-9,11,17H,4-7H2,1-3H3. The summed E-state index contributed by atoms with van der Waals surface area (Å²) in [6.07, 6.45) is 5.11. The van der Waals surface area contributed by atoms with E-state index in [2.05, 4.69) is 34.9 Å². The molecule has 1 heterocycles. The Labute approximate surface area is 116 Å². The van der Waals surface area contributed by atoms with Gasteiger partial charge in [-0.15, -0.1) is 0 Å². The molecule has 1 aromatic heterocycles. The fraction of sp³-hybridized carbons (Fsp3) is 0.769. The van der Waals surface area contributed by atoms with Gasteiger partial charge in [0.25, 0.3) is 0 Å². The van der Waals surface area contributed by atoms with Crippen LogP contribution >= 0.6 is 15.9 Å². The second-order valence-corrected chi connectivity index (χ2v) is 6.23. The van der Waals surface area contributed by atoms with Gasteiger partial charge in [-0.1, -0.05) is 0 Å². The van der Waals surface area contributed by atoms with Crippen molar-refractivity contribution < 1.29 is 9.84 Å². The number of aliphatic hydroxyl groups is 1. The number of hydrogen-bond donors (Lipinski definition) is 1. The summed E-state index contributed by atoms with van der Waals surface area (Å²) in [5.41, 5.74) is 0.721. The van der Waals surface area contributed by atoms with Crippen molar-refractivity contribution in [3.63, 3.8) is 0 Å². The fourth-order valence-corrected chi connectivity index (χ4v) is 3.12. The quantitative estimate of drug-likeness (QED) is 0.907. The smallest absolute Gasteiger partial charge is 0.0995 e. The summed E-state index contributed by atoms with van der Waals surface area (Å²) in [5, 5.41) is 14.8. The third-order valence-electron chi connectivity index (χ3n) is 3.85. The fourth-order valence-electron chi connectivity index (χ4n) is 2.59. The first-order chi connectivity index (χ1) is 8.49. The topological polar surface area (TPSA) is 47.3 Å². The number of halogens is 1. The minimum absolute atomic E-state index is 0.134. The molecule has 18 heavy (non-hydrogen) atoms. The predicted molar refractivity (Wildman–Crippen MR) is 73.5 cm³/mol. The summed E-state index contributed by atoms with van der Waals surface area (Å²) in [7, 11) is 1.74. The van der Waals surface area contributed by atoms with E-state index in [1.807, 2.05) is 4.68 Å². The highest BCUT2D eigenvalue weighted by Crippen LogP contribution is 2.43. The summed E-state index contributed by atoms with van der Waals surface area (Å²) in [6.45, 7) is 4.12. The van der Waals surface area contributed by atoms with Gasteiger partial charge in [0.2, 0.25) is 0 Å². The molecule has 1 saturated carbocycles. The summed E-state index contributed by atoms with van der Waals surface area (Å²) in [6, 6.07) is 0.237. The summed E-state index contributed by atoms with van der Waals surface area (Å²) >= 11 is 3.47. The maximum atomic E-state index is 10.5. The van der Waals surface area contributed by atoms with Gasteiger partial charge in [0, 0.05) is 19.6 Å². The van der Waals surface area contributed by atoms with Gasteiger partial charge in [-0.25, -0.2) is 0 Å². The summed E-state index contributed by atoms with van der Waals surface area (Å²) in [5.74, 6) is 0. The van der Waals surface area contributed by atoms with Crippen LogP contribution in [0.2, 0.25) is 0 Å². The van der Waals surface area contributed by atoms with Crippen molar-refractivity contribution in [2.24, 2.45) is 0 Å². The van der Waals surface area contributed by atoms with E-state index in [1.165, 1.54) is 6.42 Å². The Morgan fingerprint density at radius 3 is 2.67 bits per heavy atom. The number of rotatable bonds is 5. The third kappa shape index (κ3) is 2.49. The van der Waals surface area contributed by atoms with Gasteiger partial charge in [-0.05, 0) is 49.0 Å². The van der Waals surface area contributed by atoms with E-state index in [9.17, 15) is 5.11 Å². The van der Waals surface area contributed by atoms with Crippen LogP contribution < -0.4 is 0 Å². The Bertz CT molecular complexity index is 408. The lowest BCUT2D eigenvalue weighted by Gasteiger charge is -2.42. The molecule has 5 heteroatoms. The number of nitrogens with zero attached hydrogens (tertiary/aromatic N) is 2. The highest BCUT2D eigenvalue weighted by Gasteiger charge is 2.40. The molecule has 1 unspecified atom stereocenters. The maximum Gasteiger partial charge on any atom is 0.0995 e. The molecule has 0 bridgehead atoms. The average molecular weight is 317 g/mol. The largest absolute Gasteiger partial charge is 0.387 e. The minimum Gasteiger partial charge on any atom is -0.387 e. The Kier molecular flexibility index (Phi) is 4.14. The zero-order valence-electron chi connectivity index (χ0n) is 11.2. The van der Waals surface area contributed by atoms with Crippen molar-refractivity contribution in [3.8, 4) is 0 Å². The molecule has 1 aliphatic carbocycles. The third-order valence-corrected chi connectivity index (χ3v) is 4.47. The zero-order valence-corrected chi connectivity index (χ0v) is 12.8. The molecule has 0 aliphatic heterocycles. The van der Waals surface area contributed by atoms with Crippen molar-refractivity contribution in [2.75, 3.05) is 7.11 Å². The van der Waals surface area contributed by atoms with Crippen LogP contribution in [-0.4, -0.2) is 27.6 Å². The molecule has 0 radical (unpaired) electrons. The Morgan fingerprint density at radius 1 is 1.56 bits per heavy atom. The first-order valence-corrected chi connectivity index (χ1v) is 7.24. The number of methoxy groups -OCH3 is 1. The maximum absolute atomic E-state index is 10.5. The highest BCUT2D eigenvalue weighted by molar-refractivity contribution is 9.10. The summed E-state index contributed by atoms with van der Waals surface area (Å²) < 4.78 is 8.32. The molecule has 0 saturated heterocycles. The van der Waals surface area contributed by atoms with E-state index in [1.54, 1.807) is 13.3 Å². The van der Waals surface area contributed by atoms with Gasteiger partial charge in [-0.3, -0.25) is 4.68 Å². The summed E-state index contributed by atoms with van der Waals surface area (Å²) in [4.78, 5) is 0. The molecule has 2 rings (SSSR count). The molecule has 0 spiro atoms. The van der Waals surface area contributed by atoms with Crippen molar-refractivity contribution >= 4 is 15.9 Å². The van der Waals surface area contributed by atoms with E-state index in [4.69, 9.17) is 4.74 Å². The molecule has 1 aromatic rings. The first-order valence-electron chi connectivity index (χ1n) is 6.45. The molecule has 1 atom stereocenters. The van der Waals surface area contributed by atoms with Crippen LogP contribution in [0.25, 0.3) is 0 Å². The van der Waals surface area contributed by atoms with E-state index in [-0.39, 0.29) is 11.6 Å². The Morgan fingerprint density at radius 2 is 2.22 bits per heavy atom. The molecule has 1 N–H and O–H groups in total. The predicted octanol–water partition coefficient (Wildman–Crippen LogP) is 3.22. The van der Waals surface area contributed by atoms with Gasteiger partial charge >= 0.3 is 0 Å². The molecule has 4 nitrogen and oxygen atoms in total. The number of hydrogen-bond acceptors (Lipinski definition) is 3. The van der Waals surface area contributed by atoms with Crippen LogP contribution in [0.15, 0.2) is 10.7 Å². The molecule has 0 amide bonds. The molecule has 0 aromatic carbocycles. The second-order valence-electron chi connectivity index (χ2n) is 5.38. The molecule has 1 aliphatic rings. The molecule has 102 valence electrons. The minimum atomic E-state index is -0.537. The van der Waals surface area contributed by atoms with Gasteiger partial charge in [0.05, 0.1) is 28.1 Å². The monoisotopic (exact) mass is 316 g/mol. The van der Waals surface area contributed by atoms with E-state index >= 15 is 0 Å². The van der Waals surface area contributed by atoms with Crippen molar-refractivity contribution in [1.29, 1.82) is 0 Å². The molecular weight excluding hydrogens is 296 g/mol. The lowest BCUT2D eigenvalue weighted by Crippen LogP contribution is -2.40. The molecule has 1 fully saturated rings. The lowest BCUT2D eigenvalue weighted by atomic mass is 9.76. The van der Waals surface area contributed by atoms with Crippen molar-refractivity contribution in [3.05, 3.63) is 16.4 Å². The molecular formula is C13H21BrN2O2. The average Bonchev–Trinajstić information content (AvgIpc) is 2.65. The van der Waals surface area contributed by atoms with Crippen LogP contribution in [0.3, 0.4) is 0 Å². The van der Waals surface area contributed by atoms with Gasteiger partial charge in [0.15, 0.2) is 0 Å². The van der Waals surface area contributed by atoms with Gasteiger partial charge in [-0.2, -0.15) is 5.10 Å². The number of ether oxygens (including phenoxy) is 1. The Balaban J connectivity index is 2.18. The highest BCUT2D eigenvalue weighted by atomic mass is 79.9. The zero-order chi connectivity index (χ0) is 13.3.